The zero-order valence-corrected chi connectivity index (χ0v) is 13.8. The minimum Gasteiger partial charge on any atom is -0.130 e. The van der Waals surface area contributed by atoms with E-state index in [1.165, 1.54) is 11.3 Å². The molecule has 0 rings (SSSR count). The summed E-state index contributed by atoms with van der Waals surface area (Å²) in [6.07, 6.45) is 0. The Hall–Kier alpha value is 0.941. The second kappa shape index (κ2) is 5.14. The highest BCUT2D eigenvalue weighted by molar-refractivity contribution is 6.96. The van der Waals surface area contributed by atoms with Crippen molar-refractivity contribution in [2.75, 3.05) is 5.50 Å². The predicted molar refractivity (Wildman–Crippen MR) is 72.8 cm³/mol. The van der Waals surface area contributed by atoms with Crippen molar-refractivity contribution >= 4 is 36.5 Å². The molecule has 0 N–H and O–H groups in total. The Morgan fingerprint density at radius 1 is 0.846 bits per heavy atom. The summed E-state index contributed by atoms with van der Waals surface area (Å²) >= 11 is 6.07. The predicted octanol–water partition coefficient (Wildman–Crippen LogP) is 4.01. The molecule has 0 aliphatic carbocycles. The van der Waals surface area contributed by atoms with Gasteiger partial charge in [-0.2, -0.15) is 0 Å². The maximum Gasteiger partial charge on any atom is 0.0603 e. The summed E-state index contributed by atoms with van der Waals surface area (Å²) < 4.78 is 0. The quantitative estimate of drug-likeness (QED) is 0.512. The molecule has 0 atom stereocenters. The molecule has 0 fully saturated rings. The lowest BCUT2D eigenvalue weighted by Crippen LogP contribution is -2.37. The van der Waals surface area contributed by atoms with Gasteiger partial charge in [0.25, 0.3) is 0 Å². The molecule has 79 valence electrons. The lowest BCUT2D eigenvalue weighted by molar-refractivity contribution is 1.51. The Bertz CT molecular complexity index is 130. The van der Waals surface area contributed by atoms with Gasteiger partial charge in [0.15, 0.2) is 0 Å². The van der Waals surface area contributed by atoms with Crippen molar-refractivity contribution in [2.24, 2.45) is 0 Å². The van der Waals surface area contributed by atoms with Crippen LogP contribution in [0, 0.1) is 0 Å². The summed E-state index contributed by atoms with van der Waals surface area (Å²) in [5, 5.41) is 0. The monoisotopic (exact) mass is 251 g/mol. The van der Waals surface area contributed by atoms with E-state index in [4.69, 9.17) is 11.6 Å². The second-order valence-corrected chi connectivity index (χ2v) is 22.0. The van der Waals surface area contributed by atoms with Gasteiger partial charge in [0.2, 0.25) is 0 Å². The van der Waals surface area contributed by atoms with Crippen LogP contribution in [-0.4, -0.2) is 30.4 Å². The Morgan fingerprint density at radius 3 is 1.31 bits per heavy atom. The van der Waals surface area contributed by atoms with Crippen LogP contribution in [0.3, 0.4) is 0 Å². The van der Waals surface area contributed by atoms with Gasteiger partial charge in [0.05, 0.1) is 8.80 Å². The minimum atomic E-state index is -0.858. The van der Waals surface area contributed by atoms with Crippen LogP contribution in [0.4, 0.5) is 0 Å². The van der Waals surface area contributed by atoms with Crippen LogP contribution < -0.4 is 0 Å². The fourth-order valence-electron chi connectivity index (χ4n) is 1.66. The van der Waals surface area contributed by atoms with Crippen molar-refractivity contribution in [2.45, 2.75) is 50.6 Å². The van der Waals surface area contributed by atoms with E-state index < -0.39 is 16.1 Å². The number of halogens is 1. The van der Waals surface area contributed by atoms with Gasteiger partial charge in [-0.25, -0.2) is 0 Å². The van der Waals surface area contributed by atoms with Crippen molar-refractivity contribution in [3.05, 3.63) is 0 Å². The van der Waals surface area contributed by atoms with Crippen LogP contribution >= 0.6 is 11.6 Å². The molecule has 0 bridgehead atoms. The highest BCUT2D eigenvalue weighted by Gasteiger charge is 2.26. The van der Waals surface area contributed by atoms with Gasteiger partial charge < -0.3 is 0 Å². The normalized spacial score (nSPS) is 13.8. The molecule has 0 heterocycles. The third-order valence-corrected chi connectivity index (χ3v) is 15.7. The zero-order valence-electron chi connectivity index (χ0n) is 10.00. The first-order valence-corrected chi connectivity index (χ1v) is 15.1. The average Bonchev–Trinajstić information content (AvgIpc) is 1.79. The number of rotatable bonds is 5. The van der Waals surface area contributed by atoms with Crippen molar-refractivity contribution in [3.8, 4) is 0 Å². The molecule has 0 aromatic heterocycles. The second-order valence-electron chi connectivity index (χ2n) is 6.36. The molecule has 0 amide bonds. The van der Waals surface area contributed by atoms with Crippen molar-refractivity contribution < 1.29 is 0 Å². The Labute approximate surface area is 92.7 Å². The van der Waals surface area contributed by atoms with E-state index in [1.807, 2.05) is 0 Å². The van der Waals surface area contributed by atoms with Crippen molar-refractivity contribution in [3.63, 3.8) is 0 Å². The molecule has 0 saturated carbocycles. The standard InChI is InChI=1S/C9H24ClSi3/c1-12(2,3)8-11(7-10)9-13(4,5)6/h7-9H2,1-6H3. The SMILES string of the molecule is C[Si](C)(C)C[Si](CCl)C[Si](C)(C)C. The first-order chi connectivity index (χ1) is 5.64. The van der Waals surface area contributed by atoms with Crippen LogP contribution in [0.5, 0.6) is 0 Å². The molecule has 4 heteroatoms. The largest absolute Gasteiger partial charge is 0.130 e. The van der Waals surface area contributed by atoms with E-state index in [-0.39, 0.29) is 8.80 Å². The molecule has 0 saturated heterocycles. The first-order valence-electron chi connectivity index (χ1n) is 5.04. The molecule has 0 aliphatic rings. The number of hydrogen-bond acceptors (Lipinski definition) is 0. The summed E-state index contributed by atoms with van der Waals surface area (Å²) in [6, 6.07) is 0. The smallest absolute Gasteiger partial charge is 0.0603 e. The fourth-order valence-corrected chi connectivity index (χ4v) is 17.7. The molecule has 0 spiro atoms. The summed E-state index contributed by atoms with van der Waals surface area (Å²) in [4.78, 5) is 0. The molecule has 0 aliphatic heterocycles. The van der Waals surface area contributed by atoms with Crippen LogP contribution in [0.15, 0.2) is 0 Å². The van der Waals surface area contributed by atoms with E-state index in [2.05, 4.69) is 39.3 Å². The highest BCUT2D eigenvalue weighted by atomic mass is 35.5. The lowest BCUT2D eigenvalue weighted by atomic mass is 11.7. The molecule has 0 nitrogen and oxygen atoms in total. The van der Waals surface area contributed by atoms with E-state index in [1.54, 1.807) is 0 Å². The summed E-state index contributed by atoms with van der Waals surface area (Å²) in [5.74, 6) is 0. The van der Waals surface area contributed by atoms with Crippen LogP contribution in [0.25, 0.3) is 0 Å². The minimum absolute atomic E-state index is 0.210. The fraction of sp³-hybridized carbons (Fsp3) is 1.00. The van der Waals surface area contributed by atoms with Crippen LogP contribution in [0.2, 0.25) is 50.6 Å². The maximum atomic E-state index is 6.07. The van der Waals surface area contributed by atoms with Gasteiger partial charge in [-0.3, -0.25) is 0 Å². The molecule has 13 heavy (non-hydrogen) atoms. The first kappa shape index (κ1) is 13.9. The van der Waals surface area contributed by atoms with E-state index in [9.17, 15) is 0 Å². The third-order valence-electron chi connectivity index (χ3n) is 1.75. The number of alkyl halides is 1. The van der Waals surface area contributed by atoms with Crippen molar-refractivity contribution in [1.82, 2.24) is 0 Å². The van der Waals surface area contributed by atoms with Crippen LogP contribution in [-0.2, 0) is 0 Å². The van der Waals surface area contributed by atoms with Crippen LogP contribution in [0.1, 0.15) is 0 Å². The molecule has 1 radical (unpaired) electrons. The number of hydrogen-bond donors (Lipinski definition) is 0. The van der Waals surface area contributed by atoms with Crippen molar-refractivity contribution in [1.29, 1.82) is 0 Å². The van der Waals surface area contributed by atoms with Gasteiger partial charge >= 0.3 is 0 Å². The van der Waals surface area contributed by atoms with Gasteiger partial charge in [-0.15, -0.1) is 11.6 Å². The molecular formula is C9H24ClSi3. The highest BCUT2D eigenvalue weighted by Crippen LogP contribution is 2.19. The van der Waals surface area contributed by atoms with E-state index >= 15 is 0 Å². The van der Waals surface area contributed by atoms with Gasteiger partial charge in [0.1, 0.15) is 0 Å². The third kappa shape index (κ3) is 9.25. The zero-order chi connectivity index (χ0) is 10.7. The van der Waals surface area contributed by atoms with E-state index in [0.717, 1.165) is 5.50 Å². The average molecular weight is 252 g/mol. The van der Waals surface area contributed by atoms with Gasteiger partial charge in [-0.05, 0) is 0 Å². The molecular weight excluding hydrogens is 228 g/mol. The molecule has 0 aromatic rings. The summed E-state index contributed by atoms with van der Waals surface area (Å²) in [7, 11) is -1.93. The van der Waals surface area contributed by atoms with E-state index in [0.29, 0.717) is 0 Å². The Morgan fingerprint density at radius 2 is 1.15 bits per heavy atom. The molecule has 0 unspecified atom stereocenters. The maximum absolute atomic E-state index is 6.07. The topological polar surface area (TPSA) is 0 Å². The lowest BCUT2D eigenvalue weighted by Gasteiger charge is -2.26. The Kier molecular flexibility index (Phi) is 5.52. The Balaban J connectivity index is 4.05. The summed E-state index contributed by atoms with van der Waals surface area (Å²) in [5.41, 5.74) is 3.98. The van der Waals surface area contributed by atoms with Gasteiger partial charge in [-0.1, -0.05) is 50.6 Å². The summed E-state index contributed by atoms with van der Waals surface area (Å²) in [6.45, 7) is 14.8. The molecule has 0 aromatic carbocycles. The van der Waals surface area contributed by atoms with Gasteiger partial charge in [0, 0.05) is 21.7 Å².